The summed E-state index contributed by atoms with van der Waals surface area (Å²) in [7, 11) is 0. The topological polar surface area (TPSA) is 56.3 Å². The molecule has 2 atom stereocenters. The number of imidazole rings is 1. The number of hydrogen-bond donors (Lipinski definition) is 1. The van der Waals surface area contributed by atoms with E-state index in [0.29, 0.717) is 0 Å². The molecule has 0 aliphatic carbocycles. The van der Waals surface area contributed by atoms with Crippen LogP contribution in [-0.2, 0) is 6.54 Å². The van der Waals surface area contributed by atoms with Gasteiger partial charge < -0.3 is 19.9 Å². The third-order valence-corrected chi connectivity index (χ3v) is 5.44. The lowest BCUT2D eigenvalue weighted by molar-refractivity contribution is -0.274. The summed E-state index contributed by atoms with van der Waals surface area (Å²) in [4.78, 5) is 5.96. The molecular formula is C20H17ClF6N4O. The molecule has 0 saturated carbocycles. The zero-order valence-electron chi connectivity index (χ0n) is 16.3. The van der Waals surface area contributed by atoms with E-state index in [4.69, 9.17) is 17.3 Å². The van der Waals surface area contributed by atoms with Crippen molar-refractivity contribution in [2.75, 3.05) is 18.0 Å². The van der Waals surface area contributed by atoms with Crippen molar-refractivity contribution in [3.05, 3.63) is 52.6 Å². The van der Waals surface area contributed by atoms with Crippen LogP contribution in [0.5, 0.6) is 5.75 Å². The molecule has 0 radical (unpaired) electrons. The number of hydrogen-bond acceptors (Lipinski definition) is 4. The molecule has 2 heterocycles. The molecule has 0 bridgehead atoms. The number of rotatable bonds is 4. The van der Waals surface area contributed by atoms with Gasteiger partial charge >= 0.3 is 6.36 Å². The minimum absolute atomic E-state index is 0.0322. The highest BCUT2D eigenvalue weighted by atomic mass is 35.5. The maximum Gasteiger partial charge on any atom is 0.573 e. The van der Waals surface area contributed by atoms with Crippen molar-refractivity contribution in [2.24, 2.45) is 5.73 Å². The molecule has 5 nitrogen and oxygen atoms in total. The summed E-state index contributed by atoms with van der Waals surface area (Å²) in [6.07, 6.45) is -6.07. The Morgan fingerprint density at radius 3 is 2.56 bits per heavy atom. The third kappa shape index (κ3) is 4.58. The van der Waals surface area contributed by atoms with Crippen molar-refractivity contribution in [1.82, 2.24) is 9.55 Å². The van der Waals surface area contributed by atoms with Gasteiger partial charge in [0.05, 0.1) is 23.6 Å². The second kappa shape index (κ2) is 8.36. The van der Waals surface area contributed by atoms with E-state index < -0.39 is 36.0 Å². The van der Waals surface area contributed by atoms with Crippen LogP contribution in [-0.4, -0.2) is 41.2 Å². The number of aromatic nitrogens is 2. The number of nitrogens with zero attached hydrogens (tertiary/aromatic N) is 3. The molecule has 32 heavy (non-hydrogen) atoms. The van der Waals surface area contributed by atoms with E-state index in [2.05, 4.69) is 9.72 Å². The van der Waals surface area contributed by atoms with Crippen LogP contribution in [0.4, 0.5) is 32.3 Å². The molecule has 172 valence electrons. The molecule has 0 spiro atoms. The SMILES string of the molecule is N[C@@H]1CN(c2nc3cc(F)c(F)cc3n2Cc2cc(Cl)ccc2OC(F)(F)F)CCC1F. The van der Waals surface area contributed by atoms with E-state index in [0.717, 1.165) is 18.2 Å². The number of benzene rings is 2. The quantitative estimate of drug-likeness (QED) is 0.548. The first kappa shape index (κ1) is 22.5. The second-order valence-corrected chi connectivity index (χ2v) is 7.90. The Balaban J connectivity index is 1.83. The van der Waals surface area contributed by atoms with Gasteiger partial charge in [0.25, 0.3) is 0 Å². The Morgan fingerprint density at radius 2 is 1.88 bits per heavy atom. The Kier molecular flexibility index (Phi) is 5.89. The van der Waals surface area contributed by atoms with E-state index in [1.54, 1.807) is 4.90 Å². The summed E-state index contributed by atoms with van der Waals surface area (Å²) >= 11 is 5.98. The van der Waals surface area contributed by atoms with Crippen LogP contribution in [0, 0.1) is 11.6 Å². The molecule has 0 amide bonds. The fraction of sp³-hybridized carbons (Fsp3) is 0.350. The Morgan fingerprint density at radius 1 is 1.16 bits per heavy atom. The number of alkyl halides is 4. The predicted octanol–water partition coefficient (Wildman–Crippen LogP) is 4.79. The smallest absolute Gasteiger partial charge is 0.405 e. The van der Waals surface area contributed by atoms with Gasteiger partial charge in [-0.2, -0.15) is 0 Å². The number of piperidine rings is 1. The van der Waals surface area contributed by atoms with Crippen molar-refractivity contribution >= 4 is 28.6 Å². The van der Waals surface area contributed by atoms with Gasteiger partial charge in [-0.15, -0.1) is 13.2 Å². The molecule has 1 fully saturated rings. The highest BCUT2D eigenvalue weighted by Gasteiger charge is 2.33. The fourth-order valence-electron chi connectivity index (χ4n) is 3.71. The number of nitrogens with two attached hydrogens (primary N) is 1. The van der Waals surface area contributed by atoms with Gasteiger partial charge in [0.1, 0.15) is 11.9 Å². The van der Waals surface area contributed by atoms with Gasteiger partial charge in [-0.25, -0.2) is 18.2 Å². The summed E-state index contributed by atoms with van der Waals surface area (Å²) in [6, 6.07) is 4.54. The van der Waals surface area contributed by atoms with Gasteiger partial charge in [-0.1, -0.05) is 11.6 Å². The normalized spacial score (nSPS) is 19.6. The van der Waals surface area contributed by atoms with E-state index in [9.17, 15) is 26.3 Å². The Labute approximate surface area is 183 Å². The lowest BCUT2D eigenvalue weighted by Gasteiger charge is -2.34. The first-order valence-electron chi connectivity index (χ1n) is 9.56. The molecule has 1 aliphatic heterocycles. The van der Waals surface area contributed by atoms with Crippen LogP contribution >= 0.6 is 11.6 Å². The van der Waals surface area contributed by atoms with Crippen LogP contribution in [0.25, 0.3) is 11.0 Å². The standard InChI is InChI=1S/C20H17ClF6N4O/c21-11-1-2-18(32-20(25,26)27)10(5-11)8-31-17-7-14(24)13(23)6-16(17)29-19(31)30-4-3-12(22)15(28)9-30/h1-2,5-7,12,15H,3-4,8-9,28H2/t12?,15-/m1/s1. The summed E-state index contributed by atoms with van der Waals surface area (Å²) < 4.78 is 85.8. The molecular weight excluding hydrogens is 462 g/mol. The van der Waals surface area contributed by atoms with E-state index >= 15 is 0 Å². The third-order valence-electron chi connectivity index (χ3n) is 5.20. The van der Waals surface area contributed by atoms with Gasteiger partial charge in [0, 0.05) is 35.8 Å². The van der Waals surface area contributed by atoms with Crippen LogP contribution in [0.2, 0.25) is 5.02 Å². The minimum atomic E-state index is -4.95. The van der Waals surface area contributed by atoms with Gasteiger partial charge in [-0.05, 0) is 24.6 Å². The lowest BCUT2D eigenvalue weighted by Crippen LogP contribution is -2.50. The average molecular weight is 479 g/mol. The van der Waals surface area contributed by atoms with Gasteiger partial charge in [-0.3, -0.25) is 0 Å². The lowest BCUT2D eigenvalue weighted by atomic mass is 10.1. The zero-order valence-corrected chi connectivity index (χ0v) is 17.1. The molecule has 1 aromatic heterocycles. The largest absolute Gasteiger partial charge is 0.573 e. The molecule has 4 rings (SSSR count). The zero-order chi connectivity index (χ0) is 23.2. The van der Waals surface area contributed by atoms with E-state index in [1.165, 1.54) is 16.7 Å². The second-order valence-electron chi connectivity index (χ2n) is 7.47. The average Bonchev–Trinajstić information content (AvgIpc) is 3.03. The molecule has 1 aliphatic rings. The number of ether oxygens (including phenoxy) is 1. The Hall–Kier alpha value is -2.66. The highest BCUT2D eigenvalue weighted by Crippen LogP contribution is 2.33. The maximum absolute atomic E-state index is 14.0. The van der Waals surface area contributed by atoms with Crippen molar-refractivity contribution < 1.29 is 31.1 Å². The Bertz CT molecular complexity index is 1150. The molecule has 12 heteroatoms. The highest BCUT2D eigenvalue weighted by molar-refractivity contribution is 6.30. The number of fused-ring (bicyclic) bond motifs is 1. The summed E-state index contributed by atoms with van der Waals surface area (Å²) in [6.45, 7) is 0.0230. The monoisotopic (exact) mass is 478 g/mol. The molecule has 1 unspecified atom stereocenters. The first-order valence-corrected chi connectivity index (χ1v) is 9.93. The first-order chi connectivity index (χ1) is 15.0. The minimum Gasteiger partial charge on any atom is -0.405 e. The van der Waals surface area contributed by atoms with Crippen molar-refractivity contribution in [3.63, 3.8) is 0 Å². The van der Waals surface area contributed by atoms with Crippen LogP contribution in [0.1, 0.15) is 12.0 Å². The van der Waals surface area contributed by atoms with Crippen molar-refractivity contribution in [3.8, 4) is 5.75 Å². The summed E-state index contributed by atoms with van der Waals surface area (Å²) in [5.74, 6) is -2.60. The summed E-state index contributed by atoms with van der Waals surface area (Å²) in [5, 5.41) is 0.151. The summed E-state index contributed by atoms with van der Waals surface area (Å²) in [5.41, 5.74) is 6.07. The van der Waals surface area contributed by atoms with Gasteiger partial charge in [0.2, 0.25) is 5.95 Å². The number of anilines is 1. The maximum atomic E-state index is 14.0. The van der Waals surface area contributed by atoms with Crippen molar-refractivity contribution in [1.29, 1.82) is 0 Å². The van der Waals surface area contributed by atoms with E-state index in [-0.39, 0.29) is 53.6 Å². The molecule has 1 saturated heterocycles. The molecule has 2 N–H and O–H groups in total. The van der Waals surface area contributed by atoms with Gasteiger partial charge in [0.15, 0.2) is 11.6 Å². The van der Waals surface area contributed by atoms with Crippen LogP contribution < -0.4 is 15.4 Å². The van der Waals surface area contributed by atoms with Crippen molar-refractivity contribution in [2.45, 2.75) is 31.5 Å². The predicted molar refractivity (Wildman–Crippen MR) is 107 cm³/mol. The fourth-order valence-corrected chi connectivity index (χ4v) is 3.90. The molecule has 2 aromatic carbocycles. The van der Waals surface area contributed by atoms with Crippen LogP contribution in [0.3, 0.4) is 0 Å². The van der Waals surface area contributed by atoms with E-state index in [1.807, 2.05) is 0 Å². The van der Waals surface area contributed by atoms with Crippen LogP contribution in [0.15, 0.2) is 30.3 Å². The molecule has 3 aromatic rings. The number of halogens is 7.